The van der Waals surface area contributed by atoms with Crippen LogP contribution in [-0.4, -0.2) is 114 Å². The molecule has 238 valence electrons. The minimum absolute atomic E-state index is 0.0252. The van der Waals surface area contributed by atoms with E-state index < -0.39 is 110 Å². The van der Waals surface area contributed by atoms with E-state index in [1.165, 1.54) is 20.5 Å². The van der Waals surface area contributed by atoms with Gasteiger partial charge in [-0.05, 0) is 31.1 Å². The largest absolute Gasteiger partial charge is 0.472 e. The first-order valence-corrected chi connectivity index (χ1v) is 14.3. The smallest absolute Gasteiger partial charge is 0.337 e. The van der Waals surface area contributed by atoms with Gasteiger partial charge in [-0.2, -0.15) is 0 Å². The first-order chi connectivity index (χ1) is 20.0. The number of esters is 3. The molecule has 0 aromatic heterocycles. The van der Waals surface area contributed by atoms with E-state index >= 15 is 0 Å². The zero-order valence-corrected chi connectivity index (χ0v) is 24.1. The molecule has 2 saturated carbocycles. The van der Waals surface area contributed by atoms with Crippen LogP contribution in [0.3, 0.4) is 0 Å². The van der Waals surface area contributed by atoms with Crippen LogP contribution in [0.15, 0.2) is 11.8 Å². The van der Waals surface area contributed by atoms with Crippen molar-refractivity contribution in [3.8, 4) is 0 Å². The summed E-state index contributed by atoms with van der Waals surface area (Å²) in [4.78, 5) is 38.5. The number of methoxy groups -OCH3 is 2. The number of ether oxygens (including phenoxy) is 6. The summed E-state index contributed by atoms with van der Waals surface area (Å²) in [7, 11) is 2.51. The van der Waals surface area contributed by atoms with Crippen molar-refractivity contribution < 1.29 is 68.3 Å². The van der Waals surface area contributed by atoms with E-state index in [4.69, 9.17) is 28.4 Å². The summed E-state index contributed by atoms with van der Waals surface area (Å²) in [5.74, 6) is -5.39. The first kappa shape index (κ1) is 32.6. The molecule has 5 N–H and O–H groups in total. The van der Waals surface area contributed by atoms with Crippen LogP contribution < -0.4 is 0 Å². The molecule has 2 aliphatic carbocycles. The Balaban J connectivity index is 1.53. The van der Waals surface area contributed by atoms with E-state index in [-0.39, 0.29) is 17.9 Å². The molecule has 4 aliphatic rings. The Morgan fingerprint density at radius 2 is 1.71 bits per heavy atom. The Morgan fingerprint density at radius 3 is 2.33 bits per heavy atom. The van der Waals surface area contributed by atoms with Gasteiger partial charge in [0.15, 0.2) is 6.29 Å². The number of carbonyl (C=O) groups is 3. The summed E-state index contributed by atoms with van der Waals surface area (Å²) in [5, 5.41) is 50.5. The minimum Gasteiger partial charge on any atom is -0.472 e. The van der Waals surface area contributed by atoms with Crippen LogP contribution in [0.4, 0.5) is 0 Å². The average Bonchev–Trinajstić information content (AvgIpc) is 3.52. The van der Waals surface area contributed by atoms with E-state index in [1.54, 1.807) is 6.92 Å². The number of carbonyl (C=O) groups excluding carboxylic acids is 3. The second-order valence-electron chi connectivity index (χ2n) is 11.7. The molecule has 14 atom stereocenters. The fourth-order valence-corrected chi connectivity index (χ4v) is 7.09. The van der Waals surface area contributed by atoms with Crippen LogP contribution in [-0.2, 0) is 42.8 Å². The third-order valence-corrected chi connectivity index (χ3v) is 9.51. The Morgan fingerprint density at radius 1 is 1.00 bits per heavy atom. The van der Waals surface area contributed by atoms with Gasteiger partial charge >= 0.3 is 17.9 Å². The van der Waals surface area contributed by atoms with Gasteiger partial charge in [0.25, 0.3) is 0 Å². The highest BCUT2D eigenvalue weighted by molar-refractivity contribution is 5.89. The number of aliphatic hydroxyl groups excluding tert-OH is 5. The lowest BCUT2D eigenvalue weighted by Crippen LogP contribution is -2.60. The number of rotatable bonds is 9. The lowest BCUT2D eigenvalue weighted by molar-refractivity contribution is -0.342. The third kappa shape index (κ3) is 6.03. The van der Waals surface area contributed by atoms with Crippen LogP contribution in [0.1, 0.15) is 33.1 Å². The van der Waals surface area contributed by atoms with Gasteiger partial charge in [0.05, 0.1) is 51.1 Å². The standard InChI is InChI=1S/C28H42O14/c1-11-5-6-13(19(11)26(36)38-4)15(8-29)25(35)40-17-7-14-16(24(34)37-3)10-39-27(20(14)12(17)2)42-28-23(33)22(32)21(31)18(9-30)41-28/h10-15,17-23,27-33H,5-9H2,1-4H3/t11-,12-,13+,14+,15-,17-,18+,19+,20-,21+,22-,23+,27-,28-/m0/s1. The molecule has 1 saturated heterocycles. The van der Waals surface area contributed by atoms with Crippen LogP contribution in [0, 0.1) is 41.4 Å². The van der Waals surface area contributed by atoms with Gasteiger partial charge in [-0.1, -0.05) is 13.8 Å². The SMILES string of the molecule is COC(=O)C1=CO[C@@H](O[C@@H]2O[C@H](CO)[C@@H](O)[C@H](O)[C@H]2O)[C@H]2[C@@H](C)[C@@H](OC(=O)[C@@H](CO)[C@H]3CC[C@H](C)[C@H]3C(=O)OC)C[C@H]12. The van der Waals surface area contributed by atoms with Crippen LogP contribution in [0.25, 0.3) is 0 Å². The number of hydrogen-bond acceptors (Lipinski definition) is 14. The van der Waals surface area contributed by atoms with Crippen LogP contribution >= 0.6 is 0 Å². The molecule has 0 radical (unpaired) electrons. The summed E-state index contributed by atoms with van der Waals surface area (Å²) in [6.07, 6.45) is -6.90. The van der Waals surface area contributed by atoms with Gasteiger partial charge in [-0.3, -0.25) is 9.59 Å². The molecule has 4 rings (SSSR count). The molecule has 0 bridgehead atoms. The monoisotopic (exact) mass is 602 g/mol. The number of aliphatic hydroxyl groups is 5. The van der Waals surface area contributed by atoms with E-state index in [9.17, 15) is 39.9 Å². The maximum Gasteiger partial charge on any atom is 0.337 e. The maximum atomic E-state index is 13.4. The average molecular weight is 603 g/mol. The second kappa shape index (κ2) is 13.5. The van der Waals surface area contributed by atoms with Gasteiger partial charge < -0.3 is 54.0 Å². The van der Waals surface area contributed by atoms with Gasteiger partial charge in [0, 0.05) is 17.8 Å². The zero-order chi connectivity index (χ0) is 30.9. The minimum atomic E-state index is -1.68. The predicted octanol–water partition coefficient (Wildman–Crippen LogP) is -1.16. The van der Waals surface area contributed by atoms with E-state index in [0.29, 0.717) is 12.8 Å². The van der Waals surface area contributed by atoms with E-state index in [1.807, 2.05) is 6.92 Å². The summed E-state index contributed by atoms with van der Waals surface area (Å²) in [5.41, 5.74) is 0.190. The molecule has 0 unspecified atom stereocenters. The molecule has 14 heteroatoms. The molecule has 2 heterocycles. The molecule has 0 amide bonds. The molecule has 2 aliphatic heterocycles. The van der Waals surface area contributed by atoms with Crippen LogP contribution in [0.5, 0.6) is 0 Å². The Labute approximate surface area is 243 Å². The van der Waals surface area contributed by atoms with Crippen molar-refractivity contribution in [1.29, 1.82) is 0 Å². The van der Waals surface area contributed by atoms with E-state index in [2.05, 4.69) is 0 Å². The first-order valence-electron chi connectivity index (χ1n) is 14.3. The fourth-order valence-electron chi connectivity index (χ4n) is 7.09. The quantitative estimate of drug-likeness (QED) is 0.156. The second-order valence-corrected chi connectivity index (χ2v) is 11.7. The van der Waals surface area contributed by atoms with Crippen molar-refractivity contribution >= 4 is 17.9 Å². The lowest BCUT2D eigenvalue weighted by Gasteiger charge is -2.43. The summed E-state index contributed by atoms with van der Waals surface area (Å²) in [6.45, 7) is 2.52. The summed E-state index contributed by atoms with van der Waals surface area (Å²) >= 11 is 0. The topological polar surface area (TPSA) is 208 Å². The van der Waals surface area contributed by atoms with Gasteiger partial charge in [0.2, 0.25) is 6.29 Å². The normalized spacial score (nSPS) is 42.1. The lowest BCUT2D eigenvalue weighted by atomic mass is 9.81. The molecule has 42 heavy (non-hydrogen) atoms. The fraction of sp³-hybridized carbons (Fsp3) is 0.821. The summed E-state index contributed by atoms with van der Waals surface area (Å²) < 4.78 is 32.9. The molecular formula is C28H42O14. The van der Waals surface area contributed by atoms with Crippen molar-refractivity contribution in [3.05, 3.63) is 11.8 Å². The Kier molecular flexibility index (Phi) is 10.5. The molecule has 0 spiro atoms. The predicted molar refractivity (Wildman–Crippen MR) is 138 cm³/mol. The third-order valence-electron chi connectivity index (χ3n) is 9.51. The maximum absolute atomic E-state index is 13.4. The highest BCUT2D eigenvalue weighted by Crippen LogP contribution is 2.49. The summed E-state index contributed by atoms with van der Waals surface area (Å²) in [6, 6.07) is 0. The van der Waals surface area contributed by atoms with Gasteiger partial charge in [0.1, 0.15) is 30.5 Å². The van der Waals surface area contributed by atoms with Crippen molar-refractivity contribution in [2.24, 2.45) is 41.4 Å². The Hall–Kier alpha value is -2.33. The molecule has 0 aromatic carbocycles. The molecule has 3 fully saturated rings. The highest BCUT2D eigenvalue weighted by atomic mass is 16.8. The number of hydrogen-bond donors (Lipinski definition) is 5. The van der Waals surface area contributed by atoms with Crippen molar-refractivity contribution in [2.45, 2.75) is 76.2 Å². The van der Waals surface area contributed by atoms with Gasteiger partial charge in [-0.15, -0.1) is 0 Å². The number of fused-ring (bicyclic) bond motifs is 1. The molecule has 14 nitrogen and oxygen atoms in total. The van der Waals surface area contributed by atoms with Crippen molar-refractivity contribution in [3.63, 3.8) is 0 Å². The highest BCUT2D eigenvalue weighted by Gasteiger charge is 2.55. The van der Waals surface area contributed by atoms with Crippen molar-refractivity contribution in [1.82, 2.24) is 0 Å². The molecule has 0 aromatic rings. The zero-order valence-electron chi connectivity index (χ0n) is 24.1. The molecular weight excluding hydrogens is 560 g/mol. The van der Waals surface area contributed by atoms with Crippen LogP contribution in [0.2, 0.25) is 0 Å². The van der Waals surface area contributed by atoms with E-state index in [0.717, 1.165) is 0 Å². The van der Waals surface area contributed by atoms with Gasteiger partial charge in [-0.25, -0.2) is 4.79 Å². The Bertz CT molecular complexity index is 1010. The van der Waals surface area contributed by atoms with Crippen molar-refractivity contribution in [2.75, 3.05) is 27.4 Å².